The van der Waals surface area contributed by atoms with E-state index in [1.54, 1.807) is 54.3 Å². The number of ketones is 1. The molecule has 7 nitrogen and oxygen atoms in total. The van der Waals surface area contributed by atoms with E-state index in [1.807, 2.05) is 0 Å². The van der Waals surface area contributed by atoms with Gasteiger partial charge in [0.1, 0.15) is 5.75 Å². The van der Waals surface area contributed by atoms with E-state index in [0.717, 1.165) is 0 Å². The average molecular weight is 393 g/mol. The number of nitrogens with two attached hydrogens (primary N) is 1. The molecule has 29 heavy (non-hydrogen) atoms. The number of Topliss-reactive ketones (excluding diaryl/α,β-unsaturated/α-hetero) is 1. The van der Waals surface area contributed by atoms with Gasteiger partial charge in [0.2, 0.25) is 0 Å². The Hall–Kier alpha value is -3.35. The Bertz CT molecular complexity index is 980. The van der Waals surface area contributed by atoms with Gasteiger partial charge in [0, 0.05) is 35.8 Å². The zero-order valence-electron chi connectivity index (χ0n) is 16.2. The monoisotopic (exact) mass is 393 g/mol. The molecule has 2 aliphatic rings. The van der Waals surface area contributed by atoms with Crippen LogP contribution in [0.1, 0.15) is 40.5 Å². The molecule has 1 unspecified atom stereocenters. The van der Waals surface area contributed by atoms with Gasteiger partial charge in [-0.25, -0.2) is 0 Å². The van der Waals surface area contributed by atoms with Gasteiger partial charge in [-0.05, 0) is 56.2 Å². The van der Waals surface area contributed by atoms with Gasteiger partial charge in [-0.3, -0.25) is 14.4 Å². The molecule has 0 radical (unpaired) electrons. The van der Waals surface area contributed by atoms with E-state index in [9.17, 15) is 14.4 Å². The van der Waals surface area contributed by atoms with Gasteiger partial charge in [-0.2, -0.15) is 0 Å². The van der Waals surface area contributed by atoms with Gasteiger partial charge in [-0.1, -0.05) is 6.07 Å². The molecule has 1 atom stereocenters. The van der Waals surface area contributed by atoms with Gasteiger partial charge in [0.05, 0.1) is 5.69 Å². The van der Waals surface area contributed by atoms with Crippen LogP contribution in [0.25, 0.3) is 0 Å². The molecule has 0 spiro atoms. The Kier molecular flexibility index (Phi) is 4.96. The number of ether oxygens (including phenoxy) is 1. The molecule has 0 bridgehead atoms. The first kappa shape index (κ1) is 19.0. The number of amides is 2. The molecule has 4 rings (SSSR count). The summed E-state index contributed by atoms with van der Waals surface area (Å²) in [5, 5.41) is 2.77. The fourth-order valence-electron chi connectivity index (χ4n) is 3.80. The van der Waals surface area contributed by atoms with Crippen molar-refractivity contribution in [1.82, 2.24) is 4.90 Å². The Morgan fingerprint density at radius 2 is 1.86 bits per heavy atom. The second kappa shape index (κ2) is 7.58. The molecule has 0 aromatic heterocycles. The Balaban J connectivity index is 1.41. The van der Waals surface area contributed by atoms with Crippen molar-refractivity contribution < 1.29 is 19.1 Å². The van der Waals surface area contributed by atoms with Crippen molar-refractivity contribution in [2.45, 2.75) is 25.9 Å². The SMILES string of the molecule is CC1Oc2ccc(C(=O)C3CCN(C(=O)c4cccc(N)c4)CC3)cc2NC1=O. The minimum Gasteiger partial charge on any atom is -0.479 e. The van der Waals surface area contributed by atoms with Crippen LogP contribution >= 0.6 is 0 Å². The first-order chi connectivity index (χ1) is 13.9. The van der Waals surface area contributed by atoms with E-state index in [0.29, 0.717) is 54.2 Å². The first-order valence-corrected chi connectivity index (χ1v) is 9.73. The lowest BCUT2D eigenvalue weighted by Gasteiger charge is -2.31. The Labute approximate surface area is 168 Å². The van der Waals surface area contributed by atoms with Crippen LogP contribution in [0.4, 0.5) is 11.4 Å². The summed E-state index contributed by atoms with van der Waals surface area (Å²) >= 11 is 0. The Morgan fingerprint density at radius 3 is 2.59 bits per heavy atom. The highest BCUT2D eigenvalue weighted by Gasteiger charge is 2.30. The van der Waals surface area contributed by atoms with E-state index in [-0.39, 0.29) is 23.5 Å². The summed E-state index contributed by atoms with van der Waals surface area (Å²) in [5.74, 6) is 0.145. The van der Waals surface area contributed by atoms with E-state index < -0.39 is 6.10 Å². The first-order valence-electron chi connectivity index (χ1n) is 9.73. The molecule has 2 heterocycles. The smallest absolute Gasteiger partial charge is 0.265 e. The molecular weight excluding hydrogens is 370 g/mol. The molecule has 0 aliphatic carbocycles. The maximum absolute atomic E-state index is 12.9. The predicted molar refractivity (Wildman–Crippen MR) is 109 cm³/mol. The number of likely N-dealkylation sites (tertiary alicyclic amines) is 1. The fraction of sp³-hybridized carbons (Fsp3) is 0.318. The third-order valence-electron chi connectivity index (χ3n) is 5.48. The molecule has 1 fully saturated rings. The van der Waals surface area contributed by atoms with Crippen LogP contribution in [-0.2, 0) is 4.79 Å². The number of hydrogen-bond donors (Lipinski definition) is 2. The average Bonchev–Trinajstić information content (AvgIpc) is 2.73. The molecule has 7 heteroatoms. The number of anilines is 2. The molecule has 2 aliphatic heterocycles. The number of nitrogens with zero attached hydrogens (tertiary/aromatic N) is 1. The highest BCUT2D eigenvalue weighted by molar-refractivity contribution is 6.02. The summed E-state index contributed by atoms with van der Waals surface area (Å²) in [5.41, 5.74) is 7.95. The lowest BCUT2D eigenvalue weighted by molar-refractivity contribution is -0.122. The van der Waals surface area contributed by atoms with E-state index in [4.69, 9.17) is 10.5 Å². The molecule has 2 amide bonds. The van der Waals surface area contributed by atoms with Crippen LogP contribution < -0.4 is 15.8 Å². The van der Waals surface area contributed by atoms with Gasteiger partial charge in [0.25, 0.3) is 11.8 Å². The lowest BCUT2D eigenvalue weighted by Crippen LogP contribution is -2.40. The summed E-state index contributed by atoms with van der Waals surface area (Å²) < 4.78 is 5.54. The van der Waals surface area contributed by atoms with Gasteiger partial charge < -0.3 is 20.7 Å². The van der Waals surface area contributed by atoms with Crippen molar-refractivity contribution in [3.63, 3.8) is 0 Å². The van der Waals surface area contributed by atoms with Crippen LogP contribution in [0.3, 0.4) is 0 Å². The summed E-state index contributed by atoms with van der Waals surface area (Å²) in [7, 11) is 0. The summed E-state index contributed by atoms with van der Waals surface area (Å²) in [6.45, 7) is 2.72. The zero-order chi connectivity index (χ0) is 20.5. The number of benzene rings is 2. The second-order valence-electron chi connectivity index (χ2n) is 7.52. The van der Waals surface area contributed by atoms with Crippen molar-refractivity contribution in [3.05, 3.63) is 53.6 Å². The molecule has 150 valence electrons. The van der Waals surface area contributed by atoms with Crippen molar-refractivity contribution in [3.8, 4) is 5.75 Å². The largest absolute Gasteiger partial charge is 0.479 e. The number of carbonyl (C=O) groups is 3. The minimum atomic E-state index is -0.550. The van der Waals surface area contributed by atoms with Crippen LogP contribution in [0.15, 0.2) is 42.5 Å². The molecular formula is C22H23N3O4. The topological polar surface area (TPSA) is 102 Å². The van der Waals surface area contributed by atoms with Crippen LogP contribution in [-0.4, -0.2) is 41.7 Å². The molecule has 0 saturated carbocycles. The predicted octanol–water partition coefficient (Wildman–Crippen LogP) is 2.72. The summed E-state index contributed by atoms with van der Waals surface area (Å²) in [4.78, 5) is 39.2. The number of rotatable bonds is 3. The zero-order valence-corrected chi connectivity index (χ0v) is 16.2. The summed E-state index contributed by atoms with van der Waals surface area (Å²) in [6.07, 6.45) is 0.652. The number of piperidine rings is 1. The second-order valence-corrected chi connectivity index (χ2v) is 7.52. The van der Waals surface area contributed by atoms with Gasteiger partial charge in [-0.15, -0.1) is 0 Å². The van der Waals surface area contributed by atoms with Crippen molar-refractivity contribution in [1.29, 1.82) is 0 Å². The normalized spacial score (nSPS) is 19.1. The number of hydrogen-bond acceptors (Lipinski definition) is 5. The van der Waals surface area contributed by atoms with Gasteiger partial charge in [0.15, 0.2) is 11.9 Å². The van der Waals surface area contributed by atoms with E-state index in [2.05, 4.69) is 5.32 Å². The highest BCUT2D eigenvalue weighted by atomic mass is 16.5. The molecule has 2 aromatic carbocycles. The van der Waals surface area contributed by atoms with E-state index in [1.165, 1.54) is 0 Å². The van der Waals surface area contributed by atoms with Gasteiger partial charge >= 0.3 is 0 Å². The quantitative estimate of drug-likeness (QED) is 0.617. The fourth-order valence-corrected chi connectivity index (χ4v) is 3.80. The highest BCUT2D eigenvalue weighted by Crippen LogP contribution is 2.32. The summed E-state index contributed by atoms with van der Waals surface area (Å²) in [6, 6.07) is 12.1. The molecule has 2 aromatic rings. The third kappa shape index (κ3) is 3.81. The molecule has 3 N–H and O–H groups in total. The van der Waals surface area contributed by atoms with Crippen molar-refractivity contribution >= 4 is 29.0 Å². The maximum Gasteiger partial charge on any atom is 0.265 e. The lowest BCUT2D eigenvalue weighted by atomic mass is 9.88. The standard InChI is InChI=1S/C22H23N3O4/c1-13-21(27)24-18-12-15(5-6-19(18)29-13)20(26)14-7-9-25(10-8-14)22(28)16-3-2-4-17(23)11-16/h2-6,11-14H,7-10,23H2,1H3,(H,24,27). The minimum absolute atomic E-state index is 0.0247. The number of nitrogen functional groups attached to an aromatic ring is 1. The van der Waals surface area contributed by atoms with Crippen molar-refractivity contribution in [2.75, 3.05) is 24.1 Å². The number of fused-ring (bicyclic) bond motifs is 1. The van der Waals surface area contributed by atoms with E-state index >= 15 is 0 Å². The number of nitrogens with one attached hydrogen (secondary N) is 1. The van der Waals surface area contributed by atoms with Crippen LogP contribution in [0, 0.1) is 5.92 Å². The van der Waals surface area contributed by atoms with Crippen LogP contribution in [0.2, 0.25) is 0 Å². The number of carbonyl (C=O) groups excluding carboxylic acids is 3. The van der Waals surface area contributed by atoms with Crippen molar-refractivity contribution in [2.24, 2.45) is 5.92 Å². The van der Waals surface area contributed by atoms with Crippen LogP contribution in [0.5, 0.6) is 5.75 Å². The third-order valence-corrected chi connectivity index (χ3v) is 5.48. The Morgan fingerprint density at radius 1 is 1.10 bits per heavy atom. The maximum atomic E-state index is 12.9. The molecule has 1 saturated heterocycles.